The van der Waals surface area contributed by atoms with E-state index in [2.05, 4.69) is 20.6 Å². The lowest BCUT2D eigenvalue weighted by Gasteiger charge is -2.12. The van der Waals surface area contributed by atoms with Crippen LogP contribution in [0.2, 0.25) is 5.02 Å². The van der Waals surface area contributed by atoms with Crippen molar-refractivity contribution in [1.29, 1.82) is 0 Å². The second-order valence-corrected chi connectivity index (χ2v) is 8.06. The van der Waals surface area contributed by atoms with Crippen molar-refractivity contribution in [2.45, 2.75) is 13.0 Å². The first-order valence-corrected chi connectivity index (χ1v) is 11.1. The molecule has 4 aromatic rings. The summed E-state index contributed by atoms with van der Waals surface area (Å²) in [6.07, 6.45) is 2.09. The predicted molar refractivity (Wildman–Crippen MR) is 132 cm³/mol. The fourth-order valence-electron chi connectivity index (χ4n) is 3.46. The molecule has 4 rings (SSSR count). The van der Waals surface area contributed by atoms with Crippen molar-refractivity contribution in [2.24, 2.45) is 0 Å². The van der Waals surface area contributed by atoms with Crippen LogP contribution in [-0.2, 0) is 6.54 Å². The van der Waals surface area contributed by atoms with Gasteiger partial charge in [-0.05, 0) is 42.8 Å². The monoisotopic (exact) mass is 479 g/mol. The number of aliphatic hydroxyl groups is 1. The number of nitrogens with one attached hydrogen (secondary N) is 2. The number of anilines is 2. The first kappa shape index (κ1) is 23.4. The fourth-order valence-corrected chi connectivity index (χ4v) is 3.73. The van der Waals surface area contributed by atoms with Crippen LogP contribution in [0.25, 0.3) is 22.2 Å². The lowest BCUT2D eigenvalue weighted by molar-refractivity contribution is 0.0951. The Morgan fingerprint density at radius 1 is 1.15 bits per heavy atom. The molecule has 0 saturated heterocycles. The molecule has 34 heavy (non-hydrogen) atoms. The average molecular weight is 480 g/mol. The minimum atomic E-state index is -0.368. The number of hydrogen-bond donors (Lipinski definition) is 4. The van der Waals surface area contributed by atoms with Crippen LogP contribution >= 0.6 is 11.6 Å². The highest BCUT2D eigenvalue weighted by atomic mass is 35.5. The van der Waals surface area contributed by atoms with Crippen LogP contribution in [0, 0.1) is 5.82 Å². The van der Waals surface area contributed by atoms with E-state index in [4.69, 9.17) is 22.4 Å². The Bertz CT molecular complexity index is 1350. The van der Waals surface area contributed by atoms with Crippen LogP contribution in [0.3, 0.4) is 0 Å². The predicted octanol–water partition coefficient (Wildman–Crippen LogP) is 4.40. The molecule has 2 aromatic heterocycles. The smallest absolute Gasteiger partial charge is 0.252 e. The topological polar surface area (TPSA) is 113 Å². The number of carbonyl (C=O) groups excluding carboxylic acids is 1. The summed E-state index contributed by atoms with van der Waals surface area (Å²) in [4.78, 5) is 21.0. The average Bonchev–Trinajstić information content (AvgIpc) is 2.83. The van der Waals surface area contributed by atoms with E-state index in [1.165, 1.54) is 6.07 Å². The molecule has 0 aliphatic carbocycles. The van der Waals surface area contributed by atoms with Gasteiger partial charge < -0.3 is 21.5 Å². The molecule has 0 unspecified atom stereocenters. The third-order valence-electron chi connectivity index (χ3n) is 5.27. The Labute approximate surface area is 200 Å². The van der Waals surface area contributed by atoms with Crippen LogP contribution < -0.4 is 16.4 Å². The Hall–Kier alpha value is -3.75. The first-order chi connectivity index (χ1) is 16.5. The summed E-state index contributed by atoms with van der Waals surface area (Å²) in [6.45, 7) is 0.540. The lowest BCUT2D eigenvalue weighted by atomic mass is 10.1. The highest BCUT2D eigenvalue weighted by Crippen LogP contribution is 2.28. The SMILES string of the molecule is Nc1ccc(-c2ccc(C(=O)NCCCO)c(Cl)c2)nc1NCc1cc2cccnc2cc1F. The van der Waals surface area contributed by atoms with Gasteiger partial charge in [0.2, 0.25) is 0 Å². The molecule has 5 N–H and O–H groups in total. The van der Waals surface area contributed by atoms with E-state index in [0.29, 0.717) is 52.4 Å². The molecule has 0 aliphatic rings. The molecule has 0 atom stereocenters. The van der Waals surface area contributed by atoms with Gasteiger partial charge in [-0.1, -0.05) is 23.7 Å². The molecule has 174 valence electrons. The summed E-state index contributed by atoms with van der Waals surface area (Å²) in [7, 11) is 0. The van der Waals surface area contributed by atoms with Crippen molar-refractivity contribution in [3.8, 4) is 11.3 Å². The van der Waals surface area contributed by atoms with Crippen LogP contribution in [-0.4, -0.2) is 34.1 Å². The van der Waals surface area contributed by atoms with Gasteiger partial charge in [0, 0.05) is 48.5 Å². The highest BCUT2D eigenvalue weighted by molar-refractivity contribution is 6.34. The van der Waals surface area contributed by atoms with Crippen molar-refractivity contribution in [2.75, 3.05) is 24.2 Å². The van der Waals surface area contributed by atoms with Crippen LogP contribution in [0.5, 0.6) is 0 Å². The molecular weight excluding hydrogens is 457 g/mol. The van der Waals surface area contributed by atoms with Gasteiger partial charge in [0.15, 0.2) is 0 Å². The van der Waals surface area contributed by atoms with E-state index in [9.17, 15) is 9.18 Å². The number of benzene rings is 2. The number of nitrogens with zero attached hydrogens (tertiary/aromatic N) is 2. The van der Waals surface area contributed by atoms with Gasteiger partial charge in [0.05, 0.1) is 27.5 Å². The number of rotatable bonds is 8. The van der Waals surface area contributed by atoms with Crippen LogP contribution in [0.1, 0.15) is 22.3 Å². The standard InChI is InChI=1S/C25H23ClFN5O2/c26-19-12-16(4-5-18(19)25(34)30-9-2-10-33)22-7-6-21(28)24(32-22)31-14-17-11-15-3-1-8-29-23(15)13-20(17)27/h1,3-8,11-13,33H,2,9-10,14,28H2,(H,30,34)(H,31,32). The molecule has 0 spiro atoms. The van der Waals surface area contributed by atoms with Crippen LogP contribution in [0.4, 0.5) is 15.9 Å². The number of nitrogen functional groups attached to an aromatic ring is 1. The number of nitrogens with two attached hydrogens (primary N) is 1. The molecule has 0 fully saturated rings. The number of pyridine rings is 2. The van der Waals surface area contributed by atoms with Crippen molar-refractivity contribution in [3.05, 3.63) is 82.8 Å². The molecule has 9 heteroatoms. The quantitative estimate of drug-likeness (QED) is 0.279. The molecule has 1 amide bonds. The van der Waals surface area contributed by atoms with E-state index in [0.717, 1.165) is 5.39 Å². The summed E-state index contributed by atoms with van der Waals surface area (Å²) in [5.41, 5.74) is 9.17. The van der Waals surface area contributed by atoms with E-state index in [1.54, 1.807) is 48.7 Å². The normalized spacial score (nSPS) is 10.9. The van der Waals surface area contributed by atoms with Crippen LogP contribution in [0.15, 0.2) is 60.8 Å². The van der Waals surface area contributed by atoms with Crippen molar-refractivity contribution >= 4 is 39.9 Å². The number of aromatic nitrogens is 2. The van der Waals surface area contributed by atoms with Crippen molar-refractivity contribution in [1.82, 2.24) is 15.3 Å². The number of halogens is 2. The van der Waals surface area contributed by atoms with Crippen molar-refractivity contribution in [3.63, 3.8) is 0 Å². The molecule has 7 nitrogen and oxygen atoms in total. The molecule has 2 aromatic carbocycles. The van der Waals surface area contributed by atoms with Gasteiger partial charge in [-0.2, -0.15) is 0 Å². The fraction of sp³-hybridized carbons (Fsp3) is 0.160. The van der Waals surface area contributed by atoms with Gasteiger partial charge >= 0.3 is 0 Å². The maximum Gasteiger partial charge on any atom is 0.252 e. The van der Waals surface area contributed by atoms with Gasteiger partial charge in [-0.25, -0.2) is 9.37 Å². The van der Waals surface area contributed by atoms with E-state index < -0.39 is 0 Å². The second-order valence-electron chi connectivity index (χ2n) is 7.66. The molecule has 2 heterocycles. The molecule has 0 bridgehead atoms. The number of fused-ring (bicyclic) bond motifs is 1. The molecular formula is C25H23ClFN5O2. The Morgan fingerprint density at radius 3 is 2.79 bits per heavy atom. The van der Waals surface area contributed by atoms with Gasteiger partial charge in [0.1, 0.15) is 11.6 Å². The zero-order valence-corrected chi connectivity index (χ0v) is 18.9. The Kier molecular flexibility index (Phi) is 7.20. The third kappa shape index (κ3) is 5.24. The maximum absolute atomic E-state index is 14.5. The Balaban J connectivity index is 1.53. The van der Waals surface area contributed by atoms with Crippen molar-refractivity contribution < 1.29 is 14.3 Å². The Morgan fingerprint density at radius 2 is 2.00 bits per heavy atom. The van der Waals surface area contributed by atoms with E-state index in [1.807, 2.05) is 6.07 Å². The zero-order valence-electron chi connectivity index (χ0n) is 18.2. The molecule has 0 radical (unpaired) electrons. The zero-order chi connectivity index (χ0) is 24.1. The van der Waals surface area contributed by atoms with Gasteiger partial charge in [0.25, 0.3) is 5.91 Å². The maximum atomic E-state index is 14.5. The lowest BCUT2D eigenvalue weighted by Crippen LogP contribution is -2.25. The number of amides is 1. The molecule has 0 aliphatic heterocycles. The van der Waals surface area contributed by atoms with Gasteiger partial charge in [-0.15, -0.1) is 0 Å². The number of hydrogen-bond acceptors (Lipinski definition) is 6. The number of carbonyl (C=O) groups is 1. The largest absolute Gasteiger partial charge is 0.396 e. The summed E-state index contributed by atoms with van der Waals surface area (Å²) < 4.78 is 14.5. The summed E-state index contributed by atoms with van der Waals surface area (Å²) >= 11 is 6.34. The first-order valence-electron chi connectivity index (χ1n) is 10.7. The molecule has 0 saturated carbocycles. The highest BCUT2D eigenvalue weighted by Gasteiger charge is 2.13. The van der Waals surface area contributed by atoms with E-state index in [-0.39, 0.29) is 29.9 Å². The third-order valence-corrected chi connectivity index (χ3v) is 5.59. The summed E-state index contributed by atoms with van der Waals surface area (Å²) in [5, 5.41) is 15.8. The summed E-state index contributed by atoms with van der Waals surface area (Å²) in [5.74, 6) is -0.275. The minimum Gasteiger partial charge on any atom is -0.396 e. The second kappa shape index (κ2) is 10.5. The minimum absolute atomic E-state index is 0.00314. The van der Waals surface area contributed by atoms with Gasteiger partial charge in [-0.3, -0.25) is 9.78 Å². The van der Waals surface area contributed by atoms with E-state index >= 15 is 0 Å². The summed E-state index contributed by atoms with van der Waals surface area (Å²) in [6, 6.07) is 15.3. The number of aliphatic hydroxyl groups excluding tert-OH is 1.